The molecule has 0 aromatic heterocycles. The van der Waals surface area contributed by atoms with Crippen molar-refractivity contribution in [2.24, 2.45) is 29.6 Å². The van der Waals surface area contributed by atoms with Gasteiger partial charge in [-0.1, -0.05) is 136 Å². The number of esters is 1. The molecule has 5 rings (SSSR count). The van der Waals surface area contributed by atoms with Crippen molar-refractivity contribution in [3.8, 4) is 0 Å². The van der Waals surface area contributed by atoms with Crippen molar-refractivity contribution in [2.45, 2.75) is 214 Å². The zero-order chi connectivity index (χ0) is 63.4. The SMILES string of the molecule is CCC(C)[C@@H]1NC(=O)[C@@H]2CCCN2C(=O)[C@H](Cc2cccc(C3=CCCCC3)c2)N(C)C(=O)[C@H](Cc2ccccc2)NC(=O)[C@H](C(C)C)N(C)C(=O)[C@@H](C(C)CC)OC(=O)[C@H](C(C)(C)O)N(C)C(=O)[C@H](CC(C)C)NC(=O)[C@H](C(C)C)N(C)C1=O. The second kappa shape index (κ2) is 30.6. The summed E-state index contributed by atoms with van der Waals surface area (Å²) in [5, 5.41) is 20.6. The Balaban J connectivity index is 1.72. The Morgan fingerprint density at radius 2 is 1.19 bits per heavy atom. The highest BCUT2D eigenvalue weighted by atomic mass is 16.6. The molecule has 1 aliphatic carbocycles. The van der Waals surface area contributed by atoms with Gasteiger partial charge in [0.05, 0.1) is 5.60 Å². The number of carbonyl (C=O) groups is 9. The molecular formula is C66H100N8O11. The van der Waals surface area contributed by atoms with Crippen LogP contribution >= 0.6 is 0 Å². The molecule has 19 nitrogen and oxygen atoms in total. The monoisotopic (exact) mass is 1180 g/mol. The summed E-state index contributed by atoms with van der Waals surface area (Å²) in [7, 11) is 5.73. The molecule has 0 saturated carbocycles. The van der Waals surface area contributed by atoms with Crippen LogP contribution in [0.1, 0.15) is 158 Å². The van der Waals surface area contributed by atoms with Gasteiger partial charge >= 0.3 is 5.97 Å². The van der Waals surface area contributed by atoms with Crippen LogP contribution < -0.4 is 16.0 Å². The molecule has 4 N–H and O–H groups in total. The number of hydrogen-bond acceptors (Lipinski definition) is 11. The van der Waals surface area contributed by atoms with Gasteiger partial charge in [-0.15, -0.1) is 0 Å². The van der Waals surface area contributed by atoms with Gasteiger partial charge < -0.3 is 50.3 Å². The number of aliphatic hydroxyl groups is 1. The number of fused-ring (bicyclic) bond motifs is 1. The van der Waals surface area contributed by atoms with Crippen molar-refractivity contribution >= 4 is 58.8 Å². The van der Waals surface area contributed by atoms with Gasteiger partial charge in [-0.3, -0.25) is 38.4 Å². The standard InChI is InChI=1S/C66H100N8O11/c1-17-42(9)52-63(81)71(14)53(40(5)6)58(76)67-48(35-39(3)4)61(79)73(16)56(66(11,12)84)65(83)85-55(43(10)18-2)64(82)72(15)54(41(7)8)59(77)68-49(37-44-27-21-19-22-28-44)60(78)70(13)51(62(80)74-34-26-33-50(74)57(75)69-52)38-45-29-25-32-47(36-45)46-30-23-20-24-31-46/h19,21-22,25,27-30,32,36,39-43,48-56,84H,17-18,20,23-24,26,31,33-35,37-38H2,1-16H3,(H,67,76)(H,68,77)(H,69,75)/t42?,43?,48-,49-,50-,51-,52-,53-,54-,55+,56+/m0/s1. The predicted octanol–water partition coefficient (Wildman–Crippen LogP) is 6.33. The lowest BCUT2D eigenvalue weighted by Crippen LogP contribution is -2.63. The number of hydrogen-bond donors (Lipinski definition) is 4. The Morgan fingerprint density at radius 1 is 0.612 bits per heavy atom. The molecule has 3 aliphatic rings. The number of cyclic esters (lactones) is 1. The highest BCUT2D eigenvalue weighted by Gasteiger charge is 2.48. The summed E-state index contributed by atoms with van der Waals surface area (Å²) in [6, 6.07) is 6.89. The van der Waals surface area contributed by atoms with Gasteiger partial charge in [0.2, 0.25) is 41.4 Å². The van der Waals surface area contributed by atoms with Gasteiger partial charge in [-0.25, -0.2) is 4.79 Å². The first-order chi connectivity index (χ1) is 39.9. The lowest BCUT2D eigenvalue weighted by atomic mass is 9.91. The van der Waals surface area contributed by atoms with Gasteiger partial charge in [-0.2, -0.15) is 0 Å². The van der Waals surface area contributed by atoms with Crippen molar-refractivity contribution in [2.75, 3.05) is 34.7 Å². The summed E-state index contributed by atoms with van der Waals surface area (Å²) < 4.78 is 6.13. The molecule has 85 heavy (non-hydrogen) atoms. The molecular weight excluding hydrogens is 1080 g/mol. The molecule has 2 aliphatic heterocycles. The molecule has 8 amide bonds. The second-order valence-electron chi connectivity index (χ2n) is 25.9. The van der Waals surface area contributed by atoms with E-state index >= 15 is 24.0 Å². The number of ether oxygens (including phenoxy) is 1. The van der Waals surface area contributed by atoms with Crippen LogP contribution in [0.15, 0.2) is 60.7 Å². The molecule has 2 saturated heterocycles. The Kier molecular flexibility index (Phi) is 24.9. The summed E-state index contributed by atoms with van der Waals surface area (Å²) in [5.74, 6) is -8.63. The fourth-order valence-electron chi connectivity index (χ4n) is 12.3. The topological polar surface area (TPSA) is 235 Å². The van der Waals surface area contributed by atoms with Crippen LogP contribution in [-0.2, 0) is 60.7 Å². The number of likely N-dealkylation sites (N-methyl/N-ethyl adjacent to an activating group) is 4. The first kappa shape index (κ1) is 69.1. The predicted molar refractivity (Wildman–Crippen MR) is 328 cm³/mol. The summed E-state index contributed by atoms with van der Waals surface area (Å²) in [4.78, 5) is 142. The number of allylic oxidation sites excluding steroid dienone is 2. The van der Waals surface area contributed by atoms with Crippen LogP contribution in [0.4, 0.5) is 0 Å². The van der Waals surface area contributed by atoms with Crippen LogP contribution in [-0.4, -0.2) is 178 Å². The van der Waals surface area contributed by atoms with E-state index in [2.05, 4.69) is 22.0 Å². The molecule has 0 radical (unpaired) electrons. The summed E-state index contributed by atoms with van der Waals surface area (Å²) in [6.45, 7) is 20.7. The number of benzene rings is 2. The van der Waals surface area contributed by atoms with Crippen LogP contribution in [0.25, 0.3) is 5.57 Å². The van der Waals surface area contributed by atoms with Gasteiger partial charge in [0.15, 0.2) is 12.1 Å². The molecule has 0 spiro atoms. The van der Waals surface area contributed by atoms with Gasteiger partial charge in [0.25, 0.3) is 5.91 Å². The van der Waals surface area contributed by atoms with E-state index in [1.165, 1.54) is 67.2 Å². The van der Waals surface area contributed by atoms with Crippen LogP contribution in [0.2, 0.25) is 0 Å². The molecule has 2 heterocycles. The third kappa shape index (κ3) is 17.3. The molecule has 2 aromatic rings. The van der Waals surface area contributed by atoms with Crippen LogP contribution in [0.3, 0.4) is 0 Å². The van der Waals surface area contributed by atoms with Crippen LogP contribution in [0.5, 0.6) is 0 Å². The highest BCUT2D eigenvalue weighted by molar-refractivity contribution is 5.99. The fourth-order valence-corrected chi connectivity index (χ4v) is 12.3. The zero-order valence-corrected chi connectivity index (χ0v) is 53.6. The molecule has 2 fully saturated rings. The number of amides is 8. The average Bonchev–Trinajstić information content (AvgIpc) is 2.75. The molecule has 19 heteroatoms. The number of nitrogens with one attached hydrogen (secondary N) is 3. The minimum Gasteiger partial charge on any atom is -0.450 e. The third-order valence-corrected chi connectivity index (χ3v) is 17.6. The van der Waals surface area contributed by atoms with E-state index in [1.807, 2.05) is 82.3 Å². The van der Waals surface area contributed by atoms with Crippen molar-refractivity contribution in [1.82, 2.24) is 40.4 Å². The Labute approximate surface area is 505 Å². The van der Waals surface area contributed by atoms with Gasteiger partial charge in [0.1, 0.15) is 42.3 Å². The van der Waals surface area contributed by atoms with Gasteiger partial charge in [-0.05, 0) is 111 Å². The summed E-state index contributed by atoms with van der Waals surface area (Å²) in [5.41, 5.74) is 1.70. The molecule has 2 unspecified atom stereocenters. The first-order valence-electron chi connectivity index (χ1n) is 31.0. The maximum atomic E-state index is 15.7. The largest absolute Gasteiger partial charge is 0.450 e. The first-order valence-corrected chi connectivity index (χ1v) is 31.0. The normalized spacial score (nSPS) is 26.5. The van der Waals surface area contributed by atoms with E-state index in [9.17, 15) is 24.3 Å². The van der Waals surface area contributed by atoms with Gasteiger partial charge in [0, 0.05) is 53.5 Å². The Hall–Kier alpha value is -6.63. The van der Waals surface area contributed by atoms with Crippen molar-refractivity contribution in [3.05, 3.63) is 77.4 Å². The zero-order valence-electron chi connectivity index (χ0n) is 53.6. The van der Waals surface area contributed by atoms with Crippen molar-refractivity contribution in [3.63, 3.8) is 0 Å². The maximum absolute atomic E-state index is 15.7. The quantitative estimate of drug-likeness (QED) is 0.153. The molecule has 0 bridgehead atoms. The summed E-state index contributed by atoms with van der Waals surface area (Å²) in [6.07, 6.45) is 6.32. The van der Waals surface area contributed by atoms with E-state index in [1.54, 1.807) is 41.5 Å². The van der Waals surface area contributed by atoms with E-state index < -0.39 is 137 Å². The average molecular weight is 1180 g/mol. The van der Waals surface area contributed by atoms with E-state index in [0.717, 1.165) is 41.7 Å². The lowest BCUT2D eigenvalue weighted by molar-refractivity contribution is -0.177. The smallest absolute Gasteiger partial charge is 0.332 e. The van der Waals surface area contributed by atoms with Crippen LogP contribution in [0, 0.1) is 29.6 Å². The van der Waals surface area contributed by atoms with E-state index in [4.69, 9.17) is 4.74 Å². The minimum atomic E-state index is -1.98. The third-order valence-electron chi connectivity index (χ3n) is 17.6. The number of rotatable bonds is 14. The molecule has 11 atom stereocenters. The lowest BCUT2D eigenvalue weighted by Gasteiger charge is -2.39. The van der Waals surface area contributed by atoms with Crippen molar-refractivity contribution in [1.29, 1.82) is 0 Å². The molecule has 470 valence electrons. The summed E-state index contributed by atoms with van der Waals surface area (Å²) >= 11 is 0. The minimum absolute atomic E-state index is 0.00844. The van der Waals surface area contributed by atoms with E-state index in [0.29, 0.717) is 24.8 Å². The fraction of sp³-hybridized carbons (Fsp3) is 0.652. The Morgan fingerprint density at radius 3 is 1.74 bits per heavy atom. The van der Waals surface area contributed by atoms with Crippen molar-refractivity contribution < 1.29 is 53.0 Å². The number of carbonyl (C=O) groups excluding carboxylic acids is 9. The second-order valence-corrected chi connectivity index (χ2v) is 25.9. The number of nitrogens with zero attached hydrogens (tertiary/aromatic N) is 5. The maximum Gasteiger partial charge on any atom is 0.332 e. The Bertz CT molecular complexity index is 2710. The molecule has 2 aromatic carbocycles. The van der Waals surface area contributed by atoms with E-state index in [-0.39, 0.29) is 38.1 Å². The highest BCUT2D eigenvalue weighted by Crippen LogP contribution is 2.30.